The maximum Gasteiger partial charge on any atom is 0.335 e. The summed E-state index contributed by atoms with van der Waals surface area (Å²) in [6, 6.07) is 15.1. The molecule has 1 atom stereocenters. The molecule has 156 valence electrons. The molecule has 0 N–H and O–H groups in total. The highest BCUT2D eigenvalue weighted by atomic mass is 16.6. The monoisotopic (exact) mass is 407 g/mol. The highest BCUT2D eigenvalue weighted by molar-refractivity contribution is 5.98. The van der Waals surface area contributed by atoms with Gasteiger partial charge in [0.25, 0.3) is 5.91 Å². The van der Waals surface area contributed by atoms with Crippen LogP contribution in [-0.4, -0.2) is 44.3 Å². The summed E-state index contributed by atoms with van der Waals surface area (Å²) in [5.74, 6) is 6.37. The van der Waals surface area contributed by atoms with Crippen molar-refractivity contribution < 1.29 is 23.8 Å². The Hall–Kier alpha value is -3.30. The molecule has 0 spiro atoms. The Morgan fingerprint density at radius 2 is 1.90 bits per heavy atom. The molecule has 1 unspecified atom stereocenters. The van der Waals surface area contributed by atoms with Crippen molar-refractivity contribution in [3.63, 3.8) is 0 Å². The number of carbonyl (C=O) groups is 2. The van der Waals surface area contributed by atoms with Gasteiger partial charge in [-0.3, -0.25) is 9.69 Å². The number of rotatable bonds is 7. The van der Waals surface area contributed by atoms with E-state index in [1.54, 1.807) is 11.8 Å². The van der Waals surface area contributed by atoms with Crippen LogP contribution in [0.15, 0.2) is 48.5 Å². The lowest BCUT2D eigenvalue weighted by atomic mass is 10.1. The van der Waals surface area contributed by atoms with Gasteiger partial charge in [-0.15, -0.1) is 0 Å². The number of benzene rings is 2. The number of hydrogen-bond donors (Lipinski definition) is 0. The van der Waals surface area contributed by atoms with Crippen LogP contribution in [0.25, 0.3) is 0 Å². The third-order valence-electron chi connectivity index (χ3n) is 4.57. The Balaban J connectivity index is 1.63. The number of anilines is 1. The van der Waals surface area contributed by atoms with Gasteiger partial charge in [0, 0.05) is 18.6 Å². The molecule has 0 radical (unpaired) electrons. The highest BCUT2D eigenvalue weighted by Crippen LogP contribution is 2.30. The normalized spacial score (nSPS) is 13.5. The zero-order chi connectivity index (χ0) is 21.3. The molecule has 0 aromatic heterocycles. The van der Waals surface area contributed by atoms with E-state index in [9.17, 15) is 9.59 Å². The Kier molecular flexibility index (Phi) is 7.47. The highest BCUT2D eigenvalue weighted by Gasteiger charge is 2.24. The molecular formula is C24H25NO5. The summed E-state index contributed by atoms with van der Waals surface area (Å²) in [6.07, 6.45) is -0.168. The molecular weight excluding hydrogens is 382 g/mol. The van der Waals surface area contributed by atoms with E-state index in [1.807, 2.05) is 55.5 Å². The van der Waals surface area contributed by atoms with Crippen LogP contribution >= 0.6 is 0 Å². The van der Waals surface area contributed by atoms with Gasteiger partial charge >= 0.3 is 5.97 Å². The molecule has 1 aliphatic rings. The summed E-state index contributed by atoms with van der Waals surface area (Å²) in [7, 11) is 0. The first kappa shape index (κ1) is 21.4. The summed E-state index contributed by atoms with van der Waals surface area (Å²) < 4.78 is 16.0. The van der Waals surface area contributed by atoms with Crippen molar-refractivity contribution in [2.24, 2.45) is 0 Å². The maximum absolute atomic E-state index is 12.2. The zero-order valence-electron chi connectivity index (χ0n) is 17.2. The second-order valence-electron chi connectivity index (χ2n) is 6.64. The van der Waals surface area contributed by atoms with E-state index in [0.29, 0.717) is 25.4 Å². The quantitative estimate of drug-likeness (QED) is 0.522. The van der Waals surface area contributed by atoms with Crippen molar-refractivity contribution >= 4 is 17.6 Å². The number of fused-ring (bicyclic) bond motifs is 1. The summed E-state index contributed by atoms with van der Waals surface area (Å²) >= 11 is 0. The Morgan fingerprint density at radius 1 is 1.13 bits per heavy atom. The molecule has 3 rings (SSSR count). The number of para-hydroxylation sites is 2. The van der Waals surface area contributed by atoms with Crippen molar-refractivity contribution in [3.8, 4) is 17.6 Å². The van der Waals surface area contributed by atoms with E-state index in [4.69, 9.17) is 14.2 Å². The molecule has 0 bridgehead atoms. The molecule has 1 aliphatic heterocycles. The summed E-state index contributed by atoms with van der Waals surface area (Å²) in [5, 5.41) is 0. The van der Waals surface area contributed by atoms with Crippen molar-refractivity contribution in [2.75, 3.05) is 31.3 Å². The molecule has 0 aliphatic carbocycles. The predicted molar refractivity (Wildman–Crippen MR) is 113 cm³/mol. The lowest BCUT2D eigenvalue weighted by Crippen LogP contribution is -2.38. The van der Waals surface area contributed by atoms with Crippen LogP contribution in [0.5, 0.6) is 5.75 Å². The van der Waals surface area contributed by atoms with Crippen molar-refractivity contribution in [3.05, 3.63) is 59.7 Å². The summed E-state index contributed by atoms with van der Waals surface area (Å²) in [5.41, 5.74) is 2.53. The number of ether oxygens (including phenoxy) is 3. The fourth-order valence-corrected chi connectivity index (χ4v) is 3.13. The van der Waals surface area contributed by atoms with E-state index >= 15 is 0 Å². The SMILES string of the molecule is CCOC(=O)C(Cc1ccc(C#CCN2C(=O)COc3ccccc32)cc1)OCC. The molecule has 0 fully saturated rings. The first-order valence-corrected chi connectivity index (χ1v) is 10.0. The Bertz CT molecular complexity index is 942. The van der Waals surface area contributed by atoms with Gasteiger partial charge in [0.1, 0.15) is 5.75 Å². The van der Waals surface area contributed by atoms with E-state index < -0.39 is 6.10 Å². The maximum atomic E-state index is 12.2. The minimum Gasteiger partial charge on any atom is -0.482 e. The Labute approximate surface area is 176 Å². The van der Waals surface area contributed by atoms with Gasteiger partial charge in [-0.25, -0.2) is 4.79 Å². The fourth-order valence-electron chi connectivity index (χ4n) is 3.13. The molecule has 6 heteroatoms. The van der Waals surface area contributed by atoms with Crippen LogP contribution in [0, 0.1) is 11.8 Å². The van der Waals surface area contributed by atoms with Crippen LogP contribution in [0.1, 0.15) is 25.0 Å². The van der Waals surface area contributed by atoms with Crippen LogP contribution in [0.3, 0.4) is 0 Å². The smallest absolute Gasteiger partial charge is 0.335 e. The topological polar surface area (TPSA) is 65.1 Å². The minimum absolute atomic E-state index is 0.0227. The summed E-state index contributed by atoms with van der Waals surface area (Å²) in [4.78, 5) is 25.8. The van der Waals surface area contributed by atoms with Crippen LogP contribution in [0.2, 0.25) is 0 Å². The van der Waals surface area contributed by atoms with Gasteiger partial charge in [0.05, 0.1) is 18.8 Å². The lowest BCUT2D eigenvalue weighted by Gasteiger charge is -2.27. The first-order valence-electron chi connectivity index (χ1n) is 10.0. The number of nitrogens with zero attached hydrogens (tertiary/aromatic N) is 1. The summed E-state index contributed by atoms with van der Waals surface area (Å²) in [6.45, 7) is 4.70. The van der Waals surface area contributed by atoms with Gasteiger partial charge in [0.2, 0.25) is 0 Å². The average molecular weight is 407 g/mol. The molecule has 30 heavy (non-hydrogen) atoms. The number of amides is 1. The first-order chi connectivity index (χ1) is 14.6. The van der Waals surface area contributed by atoms with Gasteiger partial charge in [0.15, 0.2) is 12.7 Å². The van der Waals surface area contributed by atoms with Gasteiger partial charge in [-0.2, -0.15) is 0 Å². The van der Waals surface area contributed by atoms with E-state index in [-0.39, 0.29) is 25.0 Å². The van der Waals surface area contributed by atoms with E-state index in [2.05, 4.69) is 11.8 Å². The third-order valence-corrected chi connectivity index (χ3v) is 4.57. The van der Waals surface area contributed by atoms with Gasteiger partial charge in [-0.05, 0) is 43.7 Å². The van der Waals surface area contributed by atoms with Crippen molar-refractivity contribution in [2.45, 2.75) is 26.4 Å². The number of hydrogen-bond acceptors (Lipinski definition) is 5. The second kappa shape index (κ2) is 10.5. The average Bonchev–Trinajstić information content (AvgIpc) is 2.76. The number of esters is 1. The largest absolute Gasteiger partial charge is 0.482 e. The van der Waals surface area contributed by atoms with Crippen LogP contribution in [-0.2, 0) is 25.5 Å². The second-order valence-corrected chi connectivity index (χ2v) is 6.64. The van der Waals surface area contributed by atoms with Crippen LogP contribution in [0.4, 0.5) is 5.69 Å². The van der Waals surface area contributed by atoms with Gasteiger partial charge in [-0.1, -0.05) is 36.1 Å². The molecule has 2 aromatic carbocycles. The molecule has 0 saturated carbocycles. The fraction of sp³-hybridized carbons (Fsp3) is 0.333. The molecule has 1 amide bonds. The van der Waals surface area contributed by atoms with E-state index in [0.717, 1.165) is 16.8 Å². The zero-order valence-corrected chi connectivity index (χ0v) is 17.2. The lowest BCUT2D eigenvalue weighted by molar-refractivity contribution is -0.156. The minimum atomic E-state index is -0.612. The van der Waals surface area contributed by atoms with Crippen LogP contribution < -0.4 is 9.64 Å². The van der Waals surface area contributed by atoms with Crippen molar-refractivity contribution in [1.82, 2.24) is 0 Å². The third kappa shape index (κ3) is 5.40. The molecule has 2 aromatic rings. The van der Waals surface area contributed by atoms with Crippen molar-refractivity contribution in [1.29, 1.82) is 0 Å². The van der Waals surface area contributed by atoms with E-state index in [1.165, 1.54) is 0 Å². The Morgan fingerprint density at radius 3 is 2.63 bits per heavy atom. The molecule has 1 heterocycles. The molecule has 6 nitrogen and oxygen atoms in total. The standard InChI is InChI=1S/C24H25NO5/c1-3-28-22(24(27)29-4-2)16-19-13-11-18(12-14-19)8-7-15-25-20-9-5-6-10-21(20)30-17-23(25)26/h5-6,9-14,22H,3-4,15-17H2,1-2H3. The number of carbonyl (C=O) groups excluding carboxylic acids is 2. The molecule has 0 saturated heterocycles. The predicted octanol–water partition coefficient (Wildman–Crippen LogP) is 2.97. The van der Waals surface area contributed by atoms with Gasteiger partial charge < -0.3 is 14.2 Å².